The maximum Gasteiger partial charge on any atom is 0.287 e. The molecule has 0 saturated carbocycles. The average Bonchev–Trinajstić information content (AvgIpc) is 2.97. The van der Waals surface area contributed by atoms with E-state index in [0.29, 0.717) is 18.2 Å². The Morgan fingerprint density at radius 3 is 3.00 bits per heavy atom. The van der Waals surface area contributed by atoms with Gasteiger partial charge in [0.05, 0.1) is 4.92 Å². The summed E-state index contributed by atoms with van der Waals surface area (Å²) in [4.78, 5) is 10.2. The normalized spacial score (nSPS) is 11.6. The molecule has 0 amide bonds. The molecule has 21 heavy (non-hydrogen) atoms. The molecule has 1 aromatic carbocycles. The number of hydrogen-bond donors (Lipinski definition) is 1. The van der Waals surface area contributed by atoms with Gasteiger partial charge in [-0.2, -0.15) is 10.4 Å². The van der Waals surface area contributed by atoms with E-state index in [1.165, 1.54) is 12.1 Å². The van der Waals surface area contributed by atoms with Crippen LogP contribution in [0.15, 0.2) is 36.7 Å². The van der Waals surface area contributed by atoms with Crippen molar-refractivity contribution >= 4 is 11.4 Å². The molecule has 2 aromatic rings. The zero-order chi connectivity index (χ0) is 15.2. The summed E-state index contributed by atoms with van der Waals surface area (Å²) in [6.07, 6.45) is 3.63. The molecule has 1 atom stereocenters. The van der Waals surface area contributed by atoms with Crippen molar-refractivity contribution in [2.45, 2.75) is 13.5 Å². The number of benzene rings is 1. The number of nitro benzene ring substituents is 1. The number of anilines is 1. The van der Waals surface area contributed by atoms with E-state index in [2.05, 4.69) is 17.3 Å². The predicted molar refractivity (Wildman–Crippen MR) is 77.7 cm³/mol. The van der Waals surface area contributed by atoms with Crippen LogP contribution in [-0.4, -0.2) is 21.2 Å². The largest absolute Gasteiger partial charge is 0.385 e. The highest BCUT2D eigenvalue weighted by molar-refractivity contribution is 5.58. The molecule has 7 heteroatoms. The van der Waals surface area contributed by atoms with Gasteiger partial charge in [0.15, 0.2) is 0 Å². The zero-order valence-electron chi connectivity index (χ0n) is 11.6. The zero-order valence-corrected chi connectivity index (χ0v) is 11.6. The summed E-state index contributed by atoms with van der Waals surface area (Å²) in [6.45, 7) is 3.53. The van der Waals surface area contributed by atoms with E-state index < -0.39 is 4.92 Å². The van der Waals surface area contributed by atoms with E-state index in [4.69, 9.17) is 5.26 Å². The molecule has 108 valence electrons. The molecule has 1 unspecified atom stereocenters. The molecule has 1 N–H and O–H groups in total. The van der Waals surface area contributed by atoms with Crippen LogP contribution in [0.5, 0.6) is 0 Å². The van der Waals surface area contributed by atoms with Crippen LogP contribution in [0.4, 0.5) is 11.4 Å². The Bertz CT molecular complexity index is 660. The van der Waals surface area contributed by atoms with Crippen molar-refractivity contribution in [3.8, 4) is 6.07 Å². The van der Waals surface area contributed by atoms with E-state index in [9.17, 15) is 10.1 Å². The molecular weight excluding hydrogens is 270 g/mol. The predicted octanol–water partition coefficient (Wildman–Crippen LogP) is 2.41. The van der Waals surface area contributed by atoms with Crippen molar-refractivity contribution in [3.63, 3.8) is 0 Å². The van der Waals surface area contributed by atoms with Gasteiger partial charge in [-0.25, -0.2) is 0 Å². The van der Waals surface area contributed by atoms with Gasteiger partial charge in [-0.15, -0.1) is 0 Å². The Morgan fingerprint density at radius 1 is 1.57 bits per heavy atom. The molecule has 0 bridgehead atoms. The Kier molecular flexibility index (Phi) is 4.51. The van der Waals surface area contributed by atoms with Crippen molar-refractivity contribution < 1.29 is 4.92 Å². The van der Waals surface area contributed by atoms with Crippen LogP contribution >= 0.6 is 0 Å². The molecule has 0 fully saturated rings. The molecule has 0 aliphatic heterocycles. The van der Waals surface area contributed by atoms with E-state index in [1.54, 1.807) is 12.3 Å². The first-order chi connectivity index (χ1) is 10.1. The first-order valence-corrected chi connectivity index (χ1v) is 6.50. The first kappa shape index (κ1) is 14.5. The summed E-state index contributed by atoms with van der Waals surface area (Å²) in [5, 5.41) is 27.0. The van der Waals surface area contributed by atoms with Gasteiger partial charge in [0.1, 0.15) is 11.6 Å². The highest BCUT2D eigenvalue weighted by Crippen LogP contribution is 2.22. The maximum absolute atomic E-state index is 10.8. The number of aromatic nitrogens is 2. The SMILES string of the molecule is CC(CNc1ccc([N+](=O)[O-])c(C#N)c1)Cn1cccn1. The third-order valence-electron chi connectivity index (χ3n) is 3.03. The first-order valence-electron chi connectivity index (χ1n) is 6.50. The third-order valence-corrected chi connectivity index (χ3v) is 3.03. The van der Waals surface area contributed by atoms with Crippen LogP contribution in [-0.2, 0) is 6.54 Å². The lowest BCUT2D eigenvalue weighted by Gasteiger charge is -2.13. The van der Waals surface area contributed by atoms with Crippen LogP contribution in [0.1, 0.15) is 12.5 Å². The molecular formula is C14H15N5O2. The fourth-order valence-corrected chi connectivity index (χ4v) is 1.98. The number of nitrogens with one attached hydrogen (secondary N) is 1. The van der Waals surface area contributed by atoms with Gasteiger partial charge in [-0.05, 0) is 24.1 Å². The molecule has 7 nitrogen and oxygen atoms in total. The van der Waals surface area contributed by atoms with Gasteiger partial charge in [-0.1, -0.05) is 6.92 Å². The topological polar surface area (TPSA) is 96.8 Å². The average molecular weight is 285 g/mol. The third kappa shape index (κ3) is 3.79. The lowest BCUT2D eigenvalue weighted by atomic mass is 10.1. The second kappa shape index (κ2) is 6.52. The number of nitrogens with zero attached hydrogens (tertiary/aromatic N) is 4. The highest BCUT2D eigenvalue weighted by Gasteiger charge is 2.13. The summed E-state index contributed by atoms with van der Waals surface area (Å²) in [7, 11) is 0. The number of nitriles is 1. The fraction of sp³-hybridized carbons (Fsp3) is 0.286. The second-order valence-electron chi connectivity index (χ2n) is 4.82. The van der Waals surface area contributed by atoms with E-state index >= 15 is 0 Å². The maximum atomic E-state index is 10.8. The van der Waals surface area contributed by atoms with Crippen LogP contribution in [0.3, 0.4) is 0 Å². The van der Waals surface area contributed by atoms with Crippen molar-refractivity contribution in [3.05, 3.63) is 52.3 Å². The monoisotopic (exact) mass is 285 g/mol. The molecule has 1 heterocycles. The van der Waals surface area contributed by atoms with Crippen LogP contribution in [0.2, 0.25) is 0 Å². The molecule has 0 aliphatic rings. The minimum Gasteiger partial charge on any atom is -0.385 e. The van der Waals surface area contributed by atoms with Gasteiger partial charge < -0.3 is 5.32 Å². The van der Waals surface area contributed by atoms with Crippen molar-refractivity contribution in [1.82, 2.24) is 9.78 Å². The van der Waals surface area contributed by atoms with Crippen molar-refractivity contribution in [2.75, 3.05) is 11.9 Å². The van der Waals surface area contributed by atoms with E-state index in [0.717, 1.165) is 6.54 Å². The Balaban J connectivity index is 1.97. The van der Waals surface area contributed by atoms with Gasteiger partial charge in [0.2, 0.25) is 0 Å². The minimum absolute atomic E-state index is 0.0599. The van der Waals surface area contributed by atoms with E-state index in [-0.39, 0.29) is 11.3 Å². The summed E-state index contributed by atoms with van der Waals surface area (Å²) >= 11 is 0. The summed E-state index contributed by atoms with van der Waals surface area (Å²) in [6, 6.07) is 8.17. The number of hydrogen-bond acceptors (Lipinski definition) is 5. The van der Waals surface area contributed by atoms with Crippen LogP contribution < -0.4 is 5.32 Å². The van der Waals surface area contributed by atoms with Crippen molar-refractivity contribution in [1.29, 1.82) is 5.26 Å². The number of nitro groups is 1. The summed E-state index contributed by atoms with van der Waals surface area (Å²) in [5.41, 5.74) is 0.585. The molecule has 0 saturated heterocycles. The smallest absolute Gasteiger partial charge is 0.287 e. The van der Waals surface area contributed by atoms with Crippen LogP contribution in [0.25, 0.3) is 0 Å². The highest BCUT2D eigenvalue weighted by atomic mass is 16.6. The van der Waals surface area contributed by atoms with Gasteiger partial charge in [0, 0.05) is 37.2 Å². The quantitative estimate of drug-likeness (QED) is 0.649. The Hall–Kier alpha value is -2.88. The fourth-order valence-electron chi connectivity index (χ4n) is 1.98. The van der Waals surface area contributed by atoms with E-state index in [1.807, 2.05) is 23.0 Å². The minimum atomic E-state index is -0.553. The van der Waals surface area contributed by atoms with Gasteiger partial charge in [-0.3, -0.25) is 14.8 Å². The summed E-state index contributed by atoms with van der Waals surface area (Å²) < 4.78 is 1.85. The van der Waals surface area contributed by atoms with Gasteiger partial charge >= 0.3 is 0 Å². The molecule has 1 aromatic heterocycles. The molecule has 2 rings (SSSR count). The lowest BCUT2D eigenvalue weighted by molar-refractivity contribution is -0.385. The standard InChI is InChI=1S/C14H15N5O2/c1-11(10-18-6-2-5-17-18)9-16-13-3-4-14(19(20)21)12(7-13)8-15/h2-7,11,16H,9-10H2,1H3. The lowest BCUT2D eigenvalue weighted by Crippen LogP contribution is -2.17. The molecule has 0 aliphatic carbocycles. The summed E-state index contributed by atoms with van der Waals surface area (Å²) in [5.74, 6) is 0.325. The van der Waals surface area contributed by atoms with Gasteiger partial charge in [0.25, 0.3) is 5.69 Å². The Labute approximate surface area is 122 Å². The molecule has 0 radical (unpaired) electrons. The Morgan fingerprint density at radius 2 is 2.38 bits per heavy atom. The number of rotatable bonds is 6. The molecule has 0 spiro atoms. The second-order valence-corrected chi connectivity index (χ2v) is 4.82. The van der Waals surface area contributed by atoms with Crippen molar-refractivity contribution in [2.24, 2.45) is 5.92 Å². The van der Waals surface area contributed by atoms with Crippen LogP contribution in [0, 0.1) is 27.4 Å².